The molecule has 3 rings (SSSR count). The number of hydrogen-bond acceptors (Lipinski definition) is 4. The lowest BCUT2D eigenvalue weighted by Crippen LogP contribution is -2.42. The number of rotatable bonds is 6. The van der Waals surface area contributed by atoms with Gasteiger partial charge in [0.1, 0.15) is 11.6 Å². The summed E-state index contributed by atoms with van der Waals surface area (Å²) in [7, 11) is 3.25. The van der Waals surface area contributed by atoms with E-state index >= 15 is 4.39 Å². The van der Waals surface area contributed by atoms with E-state index in [2.05, 4.69) is 5.32 Å². The Labute approximate surface area is 161 Å². The minimum Gasteiger partial charge on any atom is -0.496 e. The van der Waals surface area contributed by atoms with E-state index in [0.717, 1.165) is 31.5 Å². The quantitative estimate of drug-likeness (QED) is 0.827. The first kappa shape index (κ1) is 20.1. The number of amides is 1. The number of benzene rings is 1. The van der Waals surface area contributed by atoms with Gasteiger partial charge in [-0.15, -0.1) is 0 Å². The first-order valence-corrected chi connectivity index (χ1v) is 9.94. The van der Waals surface area contributed by atoms with Crippen molar-refractivity contribution in [2.75, 3.05) is 40.4 Å². The number of carbonyl (C=O) groups excluding carboxylic acids is 1. The molecule has 1 amide bonds. The molecule has 0 aromatic heterocycles. The third kappa shape index (κ3) is 4.27. The smallest absolute Gasteiger partial charge is 0.227 e. The van der Waals surface area contributed by atoms with Crippen molar-refractivity contribution in [1.29, 1.82) is 0 Å². The van der Waals surface area contributed by atoms with Crippen LogP contribution in [0, 0.1) is 11.7 Å². The first-order chi connectivity index (χ1) is 13.1. The molecule has 2 fully saturated rings. The molecule has 1 N–H and O–H groups in total. The highest BCUT2D eigenvalue weighted by Crippen LogP contribution is 2.38. The summed E-state index contributed by atoms with van der Waals surface area (Å²) in [6.07, 6.45) is 3.78. The van der Waals surface area contributed by atoms with E-state index in [1.54, 1.807) is 20.3 Å². The molecule has 2 saturated heterocycles. The predicted octanol–water partition coefficient (Wildman–Crippen LogP) is 2.73. The van der Waals surface area contributed by atoms with E-state index in [4.69, 9.17) is 9.47 Å². The zero-order chi connectivity index (χ0) is 19.4. The first-order valence-electron chi connectivity index (χ1n) is 9.94. The van der Waals surface area contributed by atoms with Crippen LogP contribution in [0.4, 0.5) is 4.39 Å². The summed E-state index contributed by atoms with van der Waals surface area (Å²) in [6, 6.07) is 3.12. The Hall–Kier alpha value is -1.66. The fourth-order valence-corrected chi connectivity index (χ4v) is 4.38. The standard InChI is InChI=1S/C21H31FN2O3/c1-14(26-2)11-15-19(27-3)8-7-18(22)20(15)16-12-23-13-17(16)21(25)24-9-5-4-6-10-24/h7-8,14,16-17,23H,4-6,9-13H2,1-3H3/t14?,16-,17?/m1/s1. The number of likely N-dealkylation sites (tertiary alicyclic amines) is 1. The number of methoxy groups -OCH3 is 2. The fourth-order valence-electron chi connectivity index (χ4n) is 4.38. The highest BCUT2D eigenvalue weighted by atomic mass is 19.1. The van der Waals surface area contributed by atoms with Crippen LogP contribution in [0.15, 0.2) is 12.1 Å². The Balaban J connectivity index is 1.94. The molecule has 5 nitrogen and oxygen atoms in total. The molecule has 1 aromatic rings. The van der Waals surface area contributed by atoms with Crippen LogP contribution in [0.3, 0.4) is 0 Å². The van der Waals surface area contributed by atoms with Crippen LogP contribution in [-0.4, -0.2) is 57.3 Å². The molecule has 1 aromatic carbocycles. The Morgan fingerprint density at radius 1 is 1.26 bits per heavy atom. The highest BCUT2D eigenvalue weighted by Gasteiger charge is 2.39. The van der Waals surface area contributed by atoms with Gasteiger partial charge in [0.15, 0.2) is 0 Å². The van der Waals surface area contributed by atoms with Gasteiger partial charge in [-0.05, 0) is 43.9 Å². The molecular weight excluding hydrogens is 347 g/mol. The average Bonchev–Trinajstić information content (AvgIpc) is 3.17. The third-order valence-corrected chi connectivity index (χ3v) is 5.94. The van der Waals surface area contributed by atoms with Crippen molar-refractivity contribution in [1.82, 2.24) is 10.2 Å². The summed E-state index contributed by atoms with van der Waals surface area (Å²) in [5.41, 5.74) is 1.43. The Bertz CT molecular complexity index is 661. The van der Waals surface area contributed by atoms with Gasteiger partial charge in [0.05, 0.1) is 19.1 Å². The number of ether oxygens (including phenoxy) is 2. The molecule has 3 atom stereocenters. The predicted molar refractivity (Wildman–Crippen MR) is 103 cm³/mol. The molecular formula is C21H31FN2O3. The van der Waals surface area contributed by atoms with Gasteiger partial charge in [-0.3, -0.25) is 4.79 Å². The maximum Gasteiger partial charge on any atom is 0.227 e. The summed E-state index contributed by atoms with van der Waals surface area (Å²) >= 11 is 0. The van der Waals surface area contributed by atoms with Crippen LogP contribution in [0.25, 0.3) is 0 Å². The van der Waals surface area contributed by atoms with Gasteiger partial charge in [-0.25, -0.2) is 4.39 Å². The number of hydrogen-bond donors (Lipinski definition) is 1. The number of nitrogens with one attached hydrogen (secondary N) is 1. The van der Waals surface area contributed by atoms with Gasteiger partial charge < -0.3 is 19.7 Å². The van der Waals surface area contributed by atoms with Gasteiger partial charge in [0, 0.05) is 51.2 Å². The van der Waals surface area contributed by atoms with Crippen molar-refractivity contribution in [3.63, 3.8) is 0 Å². The average molecular weight is 378 g/mol. The van der Waals surface area contributed by atoms with E-state index in [-0.39, 0.29) is 29.7 Å². The van der Waals surface area contributed by atoms with Crippen molar-refractivity contribution < 1.29 is 18.7 Å². The van der Waals surface area contributed by atoms with Crippen LogP contribution in [0.5, 0.6) is 5.75 Å². The van der Waals surface area contributed by atoms with Crippen molar-refractivity contribution in [3.05, 3.63) is 29.1 Å². The zero-order valence-electron chi connectivity index (χ0n) is 16.6. The second-order valence-electron chi connectivity index (χ2n) is 7.65. The van der Waals surface area contributed by atoms with E-state index in [1.807, 2.05) is 11.8 Å². The zero-order valence-corrected chi connectivity index (χ0v) is 16.6. The Morgan fingerprint density at radius 3 is 2.67 bits per heavy atom. The van der Waals surface area contributed by atoms with Crippen LogP contribution < -0.4 is 10.1 Å². The summed E-state index contributed by atoms with van der Waals surface area (Å²) in [6.45, 7) is 4.78. The van der Waals surface area contributed by atoms with Gasteiger partial charge in [0.25, 0.3) is 0 Å². The van der Waals surface area contributed by atoms with Crippen molar-refractivity contribution in [2.24, 2.45) is 5.92 Å². The maximum atomic E-state index is 15.0. The number of halogens is 1. The van der Waals surface area contributed by atoms with E-state index < -0.39 is 0 Å². The van der Waals surface area contributed by atoms with Crippen molar-refractivity contribution in [2.45, 2.75) is 44.6 Å². The van der Waals surface area contributed by atoms with Gasteiger partial charge in [0.2, 0.25) is 5.91 Å². The fraction of sp³-hybridized carbons (Fsp3) is 0.667. The molecule has 150 valence electrons. The number of piperidine rings is 1. The summed E-state index contributed by atoms with van der Waals surface area (Å²) < 4.78 is 25.9. The highest BCUT2D eigenvalue weighted by molar-refractivity contribution is 5.81. The SMILES string of the molecule is COc1ccc(F)c([C@@H]2CNCC2C(=O)N2CCCCC2)c1CC(C)OC. The lowest BCUT2D eigenvalue weighted by Gasteiger charge is -2.32. The van der Waals surface area contributed by atoms with Crippen LogP contribution in [0.1, 0.15) is 43.2 Å². The monoisotopic (exact) mass is 378 g/mol. The second kappa shape index (κ2) is 9.02. The minimum absolute atomic E-state index is 0.0648. The molecule has 0 radical (unpaired) electrons. The van der Waals surface area contributed by atoms with Crippen molar-refractivity contribution >= 4 is 5.91 Å². The van der Waals surface area contributed by atoms with E-state index in [1.165, 1.54) is 12.5 Å². The van der Waals surface area contributed by atoms with Gasteiger partial charge in [-0.1, -0.05) is 0 Å². The molecule has 27 heavy (non-hydrogen) atoms. The van der Waals surface area contributed by atoms with Gasteiger partial charge in [-0.2, -0.15) is 0 Å². The maximum absolute atomic E-state index is 15.0. The molecule has 0 spiro atoms. The third-order valence-electron chi connectivity index (χ3n) is 5.94. The van der Waals surface area contributed by atoms with Crippen LogP contribution in [-0.2, 0) is 16.0 Å². The molecule has 0 bridgehead atoms. The molecule has 2 aliphatic rings. The van der Waals surface area contributed by atoms with E-state index in [0.29, 0.717) is 30.8 Å². The summed E-state index contributed by atoms with van der Waals surface area (Å²) in [4.78, 5) is 15.1. The van der Waals surface area contributed by atoms with Crippen LogP contribution >= 0.6 is 0 Å². The number of nitrogens with zero attached hydrogens (tertiary/aromatic N) is 1. The van der Waals surface area contributed by atoms with Gasteiger partial charge >= 0.3 is 0 Å². The summed E-state index contributed by atoms with van der Waals surface area (Å²) in [5, 5.41) is 3.31. The number of carbonyl (C=O) groups is 1. The topological polar surface area (TPSA) is 50.8 Å². The molecule has 0 saturated carbocycles. The normalized spacial score (nSPS) is 24.1. The molecule has 6 heteroatoms. The Kier molecular flexibility index (Phi) is 6.71. The van der Waals surface area contributed by atoms with Crippen molar-refractivity contribution in [3.8, 4) is 5.75 Å². The minimum atomic E-state index is -0.265. The largest absolute Gasteiger partial charge is 0.496 e. The lowest BCUT2D eigenvalue weighted by molar-refractivity contribution is -0.136. The lowest BCUT2D eigenvalue weighted by atomic mass is 9.83. The molecule has 2 aliphatic heterocycles. The molecule has 2 unspecified atom stereocenters. The second-order valence-corrected chi connectivity index (χ2v) is 7.65. The molecule has 0 aliphatic carbocycles. The summed E-state index contributed by atoms with van der Waals surface area (Å²) in [5.74, 6) is 0.123. The Morgan fingerprint density at radius 2 is 2.00 bits per heavy atom. The van der Waals surface area contributed by atoms with Crippen LogP contribution in [0.2, 0.25) is 0 Å². The van der Waals surface area contributed by atoms with E-state index in [9.17, 15) is 4.79 Å². The molecule has 2 heterocycles.